The van der Waals surface area contributed by atoms with Crippen molar-refractivity contribution < 1.29 is 0 Å². The topological polar surface area (TPSA) is 3.24 Å². The van der Waals surface area contributed by atoms with E-state index in [9.17, 15) is 0 Å². The molecule has 1 heteroatoms. The Morgan fingerprint density at radius 1 is 0.889 bits per heavy atom. The lowest BCUT2D eigenvalue weighted by Gasteiger charge is -2.47. The van der Waals surface area contributed by atoms with Gasteiger partial charge in [-0.25, -0.2) is 0 Å². The molecule has 0 saturated carbocycles. The molecule has 0 bridgehead atoms. The molecule has 1 aliphatic heterocycles. The van der Waals surface area contributed by atoms with E-state index in [-0.39, 0.29) is 0 Å². The highest BCUT2D eigenvalue weighted by molar-refractivity contribution is 5.22. The summed E-state index contributed by atoms with van der Waals surface area (Å²) in [6.45, 7) is 18.9. The highest BCUT2D eigenvalue weighted by atomic mass is 15.2. The highest BCUT2D eigenvalue weighted by Gasteiger charge is 2.33. The van der Waals surface area contributed by atoms with Gasteiger partial charge in [0.1, 0.15) is 0 Å². The number of rotatable bonds is 4. The monoisotopic (exact) mass is 251 g/mol. The minimum atomic E-state index is 0.615. The van der Waals surface area contributed by atoms with Crippen LogP contribution >= 0.6 is 0 Å². The van der Waals surface area contributed by atoms with Crippen LogP contribution in [0.5, 0.6) is 0 Å². The van der Waals surface area contributed by atoms with Crippen molar-refractivity contribution >= 4 is 0 Å². The normalized spacial score (nSPS) is 22.0. The van der Waals surface area contributed by atoms with Gasteiger partial charge in [-0.1, -0.05) is 41.5 Å². The van der Waals surface area contributed by atoms with Crippen LogP contribution in [0, 0.1) is 17.8 Å². The smallest absolute Gasteiger partial charge is 0.0315 e. The Morgan fingerprint density at radius 3 is 1.78 bits per heavy atom. The Morgan fingerprint density at radius 2 is 1.44 bits per heavy atom. The maximum absolute atomic E-state index is 2.73. The molecular weight excluding hydrogens is 218 g/mol. The molecule has 0 radical (unpaired) electrons. The first-order valence-electron chi connectivity index (χ1n) is 7.78. The van der Waals surface area contributed by atoms with E-state index in [0.717, 1.165) is 12.0 Å². The molecule has 1 nitrogen and oxygen atoms in total. The van der Waals surface area contributed by atoms with Gasteiger partial charge in [-0.15, -0.1) is 0 Å². The summed E-state index contributed by atoms with van der Waals surface area (Å²) in [4.78, 5) is 2.73. The van der Waals surface area contributed by atoms with Crippen molar-refractivity contribution in [1.29, 1.82) is 0 Å². The summed E-state index contributed by atoms with van der Waals surface area (Å²) in [5, 5.41) is 0. The summed E-state index contributed by atoms with van der Waals surface area (Å²) in [7, 11) is 0. The Hall–Kier alpha value is -0.460. The SMILES string of the molecule is CC(C)C1=C(C(C)C)N(C(C)C)C(C(C)C)CC1. The maximum atomic E-state index is 2.73. The summed E-state index contributed by atoms with van der Waals surface area (Å²) in [6.07, 6.45) is 2.64. The predicted molar refractivity (Wildman–Crippen MR) is 81.5 cm³/mol. The van der Waals surface area contributed by atoms with Gasteiger partial charge in [0.05, 0.1) is 0 Å². The largest absolute Gasteiger partial charge is 0.369 e. The number of hydrogen-bond acceptors (Lipinski definition) is 1. The van der Waals surface area contributed by atoms with Gasteiger partial charge in [0.15, 0.2) is 0 Å². The lowest BCUT2D eigenvalue weighted by molar-refractivity contribution is 0.121. The first kappa shape index (κ1) is 15.6. The van der Waals surface area contributed by atoms with Crippen LogP contribution in [0.15, 0.2) is 11.3 Å². The van der Waals surface area contributed by atoms with Crippen molar-refractivity contribution in [1.82, 2.24) is 4.90 Å². The molecule has 0 aromatic carbocycles. The summed E-state index contributed by atoms with van der Waals surface area (Å²) >= 11 is 0. The molecule has 1 rings (SSSR count). The van der Waals surface area contributed by atoms with Gasteiger partial charge >= 0.3 is 0 Å². The van der Waals surface area contributed by atoms with Crippen LogP contribution in [-0.2, 0) is 0 Å². The Balaban J connectivity index is 3.23. The first-order valence-corrected chi connectivity index (χ1v) is 7.78. The van der Waals surface area contributed by atoms with E-state index >= 15 is 0 Å². The van der Waals surface area contributed by atoms with Crippen LogP contribution < -0.4 is 0 Å². The fraction of sp³-hybridized carbons (Fsp3) is 0.882. The molecule has 1 unspecified atom stereocenters. The second-order valence-electron chi connectivity index (χ2n) is 7.07. The van der Waals surface area contributed by atoms with Gasteiger partial charge in [-0.2, -0.15) is 0 Å². The number of allylic oxidation sites excluding steroid dienone is 2. The lowest BCUT2D eigenvalue weighted by atomic mass is 9.81. The maximum Gasteiger partial charge on any atom is 0.0315 e. The lowest BCUT2D eigenvalue weighted by Crippen LogP contribution is -2.47. The van der Waals surface area contributed by atoms with Crippen molar-refractivity contribution in [3.05, 3.63) is 11.3 Å². The standard InChI is InChI=1S/C17H33N/c1-11(2)15-9-10-16(12(3)4)18(14(7)8)17(15)13(5)6/h11-14,16H,9-10H2,1-8H3. The number of hydrogen-bond donors (Lipinski definition) is 0. The molecule has 106 valence electrons. The second-order valence-corrected chi connectivity index (χ2v) is 7.07. The van der Waals surface area contributed by atoms with E-state index in [1.807, 2.05) is 0 Å². The van der Waals surface area contributed by atoms with Crippen LogP contribution in [-0.4, -0.2) is 17.0 Å². The summed E-state index contributed by atoms with van der Waals surface area (Å²) in [6, 6.07) is 1.34. The van der Waals surface area contributed by atoms with Crippen LogP contribution in [0.1, 0.15) is 68.2 Å². The molecule has 0 saturated heterocycles. The molecule has 1 aliphatic rings. The quantitative estimate of drug-likeness (QED) is 0.673. The molecule has 0 fully saturated rings. The van der Waals surface area contributed by atoms with Crippen LogP contribution in [0.3, 0.4) is 0 Å². The summed E-state index contributed by atoms with van der Waals surface area (Å²) in [5.74, 6) is 2.08. The summed E-state index contributed by atoms with van der Waals surface area (Å²) < 4.78 is 0. The molecule has 0 spiro atoms. The fourth-order valence-electron chi connectivity index (χ4n) is 3.48. The van der Waals surface area contributed by atoms with E-state index in [0.29, 0.717) is 17.9 Å². The van der Waals surface area contributed by atoms with E-state index in [2.05, 4.69) is 60.3 Å². The van der Waals surface area contributed by atoms with E-state index < -0.39 is 0 Å². The van der Waals surface area contributed by atoms with E-state index in [1.54, 1.807) is 11.3 Å². The van der Waals surface area contributed by atoms with E-state index in [1.165, 1.54) is 12.8 Å². The van der Waals surface area contributed by atoms with Crippen LogP contribution in [0.2, 0.25) is 0 Å². The van der Waals surface area contributed by atoms with Crippen molar-refractivity contribution in [2.45, 2.75) is 80.3 Å². The Kier molecular flexibility index (Phi) is 5.31. The average molecular weight is 251 g/mol. The zero-order valence-electron chi connectivity index (χ0n) is 13.7. The van der Waals surface area contributed by atoms with Crippen molar-refractivity contribution in [2.75, 3.05) is 0 Å². The third-order valence-electron chi connectivity index (χ3n) is 4.24. The van der Waals surface area contributed by atoms with Gasteiger partial charge in [0.2, 0.25) is 0 Å². The molecule has 1 atom stereocenters. The summed E-state index contributed by atoms with van der Waals surface area (Å²) in [5.41, 5.74) is 3.35. The third-order valence-corrected chi connectivity index (χ3v) is 4.24. The van der Waals surface area contributed by atoms with Gasteiger partial charge in [-0.05, 0) is 50.0 Å². The Labute approximate surface area is 115 Å². The van der Waals surface area contributed by atoms with Crippen molar-refractivity contribution in [2.24, 2.45) is 17.8 Å². The van der Waals surface area contributed by atoms with Gasteiger partial charge in [0.25, 0.3) is 0 Å². The fourth-order valence-corrected chi connectivity index (χ4v) is 3.48. The van der Waals surface area contributed by atoms with Crippen LogP contribution in [0.25, 0.3) is 0 Å². The molecule has 0 aromatic heterocycles. The number of nitrogens with zero attached hydrogens (tertiary/aromatic N) is 1. The minimum absolute atomic E-state index is 0.615. The van der Waals surface area contributed by atoms with Crippen molar-refractivity contribution in [3.63, 3.8) is 0 Å². The van der Waals surface area contributed by atoms with Crippen molar-refractivity contribution in [3.8, 4) is 0 Å². The zero-order valence-corrected chi connectivity index (χ0v) is 13.7. The zero-order chi connectivity index (χ0) is 14.0. The van der Waals surface area contributed by atoms with E-state index in [4.69, 9.17) is 0 Å². The molecule has 1 heterocycles. The molecule has 0 aliphatic carbocycles. The Bertz CT molecular complexity index is 297. The first-order chi connectivity index (χ1) is 8.27. The molecule has 0 amide bonds. The molecule has 0 aromatic rings. The van der Waals surface area contributed by atoms with Gasteiger partial charge < -0.3 is 4.90 Å². The minimum Gasteiger partial charge on any atom is -0.369 e. The highest BCUT2D eigenvalue weighted by Crippen LogP contribution is 2.38. The van der Waals surface area contributed by atoms with Crippen LogP contribution in [0.4, 0.5) is 0 Å². The predicted octanol–water partition coefficient (Wildman–Crippen LogP) is 5.08. The molecule has 18 heavy (non-hydrogen) atoms. The van der Waals surface area contributed by atoms with Gasteiger partial charge in [-0.3, -0.25) is 0 Å². The van der Waals surface area contributed by atoms with Gasteiger partial charge in [0, 0.05) is 17.8 Å². The second kappa shape index (κ2) is 6.12. The average Bonchev–Trinajstić information content (AvgIpc) is 2.26. The molecule has 0 N–H and O–H groups in total. The third kappa shape index (κ3) is 3.10. The molecular formula is C17H33N.